The number of rotatable bonds is 9. The van der Waals surface area contributed by atoms with Gasteiger partial charge in [0.15, 0.2) is 17.6 Å². The summed E-state index contributed by atoms with van der Waals surface area (Å²) in [5.41, 5.74) is 1.47. The van der Waals surface area contributed by atoms with E-state index in [9.17, 15) is 14.4 Å². The Morgan fingerprint density at radius 3 is 2.15 bits per heavy atom. The molecular formula is C26H25NO6. The lowest BCUT2D eigenvalue weighted by atomic mass is 10.0. The fourth-order valence-electron chi connectivity index (χ4n) is 3.21. The minimum absolute atomic E-state index is 0.222. The molecule has 33 heavy (non-hydrogen) atoms. The zero-order chi connectivity index (χ0) is 23.8. The van der Waals surface area contributed by atoms with Crippen LogP contribution < -0.4 is 14.8 Å². The number of hydrogen-bond donors (Lipinski definition) is 1. The lowest BCUT2D eigenvalue weighted by Crippen LogP contribution is -2.27. The Bertz CT molecular complexity index is 1140. The molecule has 170 valence electrons. The molecule has 3 aromatic carbocycles. The highest BCUT2D eigenvalue weighted by Gasteiger charge is 2.23. The molecule has 0 saturated heterocycles. The van der Waals surface area contributed by atoms with Crippen molar-refractivity contribution in [3.8, 4) is 11.5 Å². The number of esters is 1. The minimum Gasteiger partial charge on any atom is -0.493 e. The van der Waals surface area contributed by atoms with Crippen molar-refractivity contribution in [3.63, 3.8) is 0 Å². The van der Waals surface area contributed by atoms with Gasteiger partial charge in [0.2, 0.25) is 5.78 Å². The predicted octanol–water partition coefficient (Wildman–Crippen LogP) is 4.77. The quantitative estimate of drug-likeness (QED) is 0.375. The van der Waals surface area contributed by atoms with Gasteiger partial charge in [0.1, 0.15) is 0 Å². The maximum Gasteiger partial charge on any atom is 0.338 e. The molecule has 0 aromatic heterocycles. The zero-order valence-corrected chi connectivity index (χ0v) is 18.7. The summed E-state index contributed by atoms with van der Waals surface area (Å²) in [6, 6.07) is 19.8. The second kappa shape index (κ2) is 10.9. The molecule has 0 fully saturated rings. The molecule has 0 heterocycles. The van der Waals surface area contributed by atoms with Gasteiger partial charge in [0.05, 0.1) is 19.8 Å². The molecule has 0 bridgehead atoms. The monoisotopic (exact) mass is 447 g/mol. The number of Topliss-reactive ketones (excluding diaryl/α,β-unsaturated/α-hetero) is 1. The van der Waals surface area contributed by atoms with Gasteiger partial charge in [-0.1, -0.05) is 43.3 Å². The van der Waals surface area contributed by atoms with Crippen LogP contribution >= 0.6 is 0 Å². The number of ether oxygens (including phenoxy) is 3. The molecule has 3 rings (SSSR count). The molecule has 0 aliphatic heterocycles. The minimum atomic E-state index is -0.898. The van der Waals surface area contributed by atoms with E-state index in [-0.39, 0.29) is 17.3 Å². The third-order valence-corrected chi connectivity index (χ3v) is 4.97. The molecular weight excluding hydrogens is 422 g/mol. The lowest BCUT2D eigenvalue weighted by molar-refractivity contribution is 0.0277. The first-order chi connectivity index (χ1) is 16.0. The third kappa shape index (κ3) is 5.77. The molecule has 1 N–H and O–H groups in total. The average molecular weight is 447 g/mol. The van der Waals surface area contributed by atoms with E-state index >= 15 is 0 Å². The van der Waals surface area contributed by atoms with E-state index in [1.54, 1.807) is 67.6 Å². The second-order valence-corrected chi connectivity index (χ2v) is 7.14. The van der Waals surface area contributed by atoms with Gasteiger partial charge in [0, 0.05) is 16.8 Å². The van der Waals surface area contributed by atoms with E-state index in [0.717, 1.165) is 0 Å². The van der Waals surface area contributed by atoms with Crippen molar-refractivity contribution in [2.45, 2.75) is 19.4 Å². The van der Waals surface area contributed by atoms with Crippen molar-refractivity contribution in [2.75, 3.05) is 19.5 Å². The lowest BCUT2D eigenvalue weighted by Gasteiger charge is -2.15. The van der Waals surface area contributed by atoms with Crippen LogP contribution in [-0.2, 0) is 4.74 Å². The Kier molecular flexibility index (Phi) is 7.81. The van der Waals surface area contributed by atoms with Crippen LogP contribution in [0.25, 0.3) is 0 Å². The number of amides is 1. The van der Waals surface area contributed by atoms with E-state index in [1.165, 1.54) is 20.3 Å². The molecule has 0 unspecified atom stereocenters. The average Bonchev–Trinajstić information content (AvgIpc) is 2.86. The molecule has 1 atom stereocenters. The van der Waals surface area contributed by atoms with Crippen LogP contribution in [0, 0.1) is 0 Å². The first-order valence-electron chi connectivity index (χ1n) is 10.4. The number of carbonyl (C=O) groups is 3. The predicted molar refractivity (Wildman–Crippen MR) is 124 cm³/mol. The summed E-state index contributed by atoms with van der Waals surface area (Å²) in [5, 5.41) is 2.75. The van der Waals surface area contributed by atoms with Crippen LogP contribution in [0.3, 0.4) is 0 Å². The SMILES string of the molecule is CC[C@H](OC(=O)c1cccc(NC(=O)c2ccc(OC)c(OC)c2)c1)C(=O)c1ccccc1. The van der Waals surface area contributed by atoms with E-state index in [0.29, 0.717) is 34.7 Å². The normalized spacial score (nSPS) is 11.2. The van der Waals surface area contributed by atoms with Crippen LogP contribution in [0.5, 0.6) is 11.5 Å². The Hall–Kier alpha value is -4.13. The molecule has 1 amide bonds. The Balaban J connectivity index is 1.71. The molecule has 0 radical (unpaired) electrons. The fourth-order valence-corrected chi connectivity index (χ4v) is 3.21. The van der Waals surface area contributed by atoms with Gasteiger partial charge in [-0.3, -0.25) is 9.59 Å². The largest absolute Gasteiger partial charge is 0.493 e. The topological polar surface area (TPSA) is 90.9 Å². The maximum absolute atomic E-state index is 12.7. The summed E-state index contributed by atoms with van der Waals surface area (Å²) in [4.78, 5) is 38.0. The van der Waals surface area contributed by atoms with Gasteiger partial charge in [-0.15, -0.1) is 0 Å². The summed E-state index contributed by atoms with van der Waals surface area (Å²) < 4.78 is 15.9. The number of nitrogens with one attached hydrogen (secondary N) is 1. The standard InChI is InChI=1S/C26H25NO6/c1-4-21(24(28)17-9-6-5-7-10-17)33-26(30)19-11-8-12-20(15-19)27-25(29)18-13-14-22(31-2)23(16-18)32-3/h5-16,21H,4H2,1-3H3,(H,27,29)/t21-/m0/s1. The Morgan fingerprint density at radius 2 is 1.48 bits per heavy atom. The number of carbonyl (C=O) groups excluding carboxylic acids is 3. The molecule has 3 aromatic rings. The summed E-state index contributed by atoms with van der Waals surface area (Å²) in [6.07, 6.45) is -0.556. The van der Waals surface area contributed by atoms with Crippen LogP contribution in [0.2, 0.25) is 0 Å². The van der Waals surface area contributed by atoms with Crippen molar-refractivity contribution in [1.82, 2.24) is 0 Å². The molecule has 7 heteroatoms. The van der Waals surface area contributed by atoms with Crippen molar-refractivity contribution in [2.24, 2.45) is 0 Å². The molecule has 0 aliphatic carbocycles. The third-order valence-electron chi connectivity index (χ3n) is 4.97. The number of methoxy groups -OCH3 is 2. The number of hydrogen-bond acceptors (Lipinski definition) is 6. The van der Waals surface area contributed by atoms with Gasteiger partial charge in [-0.25, -0.2) is 4.79 Å². The zero-order valence-electron chi connectivity index (χ0n) is 18.7. The van der Waals surface area contributed by atoms with Crippen molar-refractivity contribution >= 4 is 23.3 Å². The second-order valence-electron chi connectivity index (χ2n) is 7.14. The summed E-state index contributed by atoms with van der Waals surface area (Å²) >= 11 is 0. The number of benzene rings is 3. The molecule has 0 saturated carbocycles. The van der Waals surface area contributed by atoms with Gasteiger partial charge in [0.25, 0.3) is 5.91 Å². The summed E-state index contributed by atoms with van der Waals surface area (Å²) in [7, 11) is 3.00. The smallest absolute Gasteiger partial charge is 0.338 e. The Morgan fingerprint density at radius 1 is 0.788 bits per heavy atom. The van der Waals surface area contributed by atoms with E-state index in [1.807, 2.05) is 6.07 Å². The van der Waals surface area contributed by atoms with E-state index in [2.05, 4.69) is 5.32 Å². The summed E-state index contributed by atoms with van der Waals surface area (Å²) in [5.74, 6) is -0.352. The maximum atomic E-state index is 12.7. The fraction of sp³-hybridized carbons (Fsp3) is 0.192. The number of ketones is 1. The first kappa shape index (κ1) is 23.5. The van der Waals surface area contributed by atoms with E-state index < -0.39 is 12.1 Å². The van der Waals surface area contributed by atoms with Gasteiger partial charge < -0.3 is 19.5 Å². The van der Waals surface area contributed by atoms with Crippen molar-refractivity contribution in [3.05, 3.63) is 89.5 Å². The molecule has 0 aliphatic rings. The number of anilines is 1. The van der Waals surface area contributed by atoms with Gasteiger partial charge in [-0.05, 0) is 42.8 Å². The summed E-state index contributed by atoms with van der Waals surface area (Å²) in [6.45, 7) is 1.78. The van der Waals surface area contributed by atoms with Crippen LogP contribution in [0.1, 0.15) is 44.4 Å². The van der Waals surface area contributed by atoms with E-state index in [4.69, 9.17) is 14.2 Å². The van der Waals surface area contributed by atoms with Gasteiger partial charge >= 0.3 is 5.97 Å². The molecule has 0 spiro atoms. The Labute approximate surface area is 192 Å². The highest BCUT2D eigenvalue weighted by atomic mass is 16.5. The van der Waals surface area contributed by atoms with Crippen LogP contribution in [-0.4, -0.2) is 38.0 Å². The van der Waals surface area contributed by atoms with Gasteiger partial charge in [-0.2, -0.15) is 0 Å². The highest BCUT2D eigenvalue weighted by molar-refractivity contribution is 6.05. The van der Waals surface area contributed by atoms with Crippen LogP contribution in [0.15, 0.2) is 72.8 Å². The highest BCUT2D eigenvalue weighted by Crippen LogP contribution is 2.28. The first-order valence-corrected chi connectivity index (χ1v) is 10.4. The van der Waals surface area contributed by atoms with Crippen LogP contribution in [0.4, 0.5) is 5.69 Å². The van der Waals surface area contributed by atoms with Crippen molar-refractivity contribution < 1.29 is 28.6 Å². The molecule has 7 nitrogen and oxygen atoms in total. The van der Waals surface area contributed by atoms with Crippen molar-refractivity contribution in [1.29, 1.82) is 0 Å².